The largest absolute Gasteiger partial charge is 0.493 e. The Hall–Kier alpha value is -4.47. The summed E-state index contributed by atoms with van der Waals surface area (Å²) in [5, 5.41) is 20.7. The molecule has 0 radical (unpaired) electrons. The van der Waals surface area contributed by atoms with E-state index < -0.39 is 5.69 Å². The quantitative estimate of drug-likeness (QED) is 0.320. The Morgan fingerprint density at radius 1 is 1.18 bits per heavy atom. The Bertz CT molecular complexity index is 1710. The number of rotatable bonds is 5. The van der Waals surface area contributed by atoms with Crippen LogP contribution in [0.1, 0.15) is 37.1 Å². The molecule has 170 valence electrons. The van der Waals surface area contributed by atoms with Gasteiger partial charge in [-0.3, -0.25) is 4.98 Å². The minimum Gasteiger partial charge on any atom is -0.493 e. The number of nitrogens with one attached hydrogen (secondary N) is 3. The second kappa shape index (κ2) is 7.84. The molecule has 10 heteroatoms. The molecular formula is C24H22N8O2. The number of H-pyrrole nitrogens is 2. The molecule has 4 N–H and O–H groups in total. The summed E-state index contributed by atoms with van der Waals surface area (Å²) in [6.45, 7) is 2.06. The smallest absolute Gasteiger partial charge is 0.326 e. The first kappa shape index (κ1) is 20.2. The maximum absolute atomic E-state index is 11.5. The van der Waals surface area contributed by atoms with E-state index in [-0.39, 0.29) is 23.7 Å². The van der Waals surface area contributed by atoms with E-state index in [4.69, 9.17) is 4.99 Å². The topological polar surface area (TPSA) is 136 Å². The van der Waals surface area contributed by atoms with Gasteiger partial charge in [0.15, 0.2) is 5.65 Å². The third-order valence-electron chi connectivity index (χ3n) is 5.88. The highest BCUT2D eigenvalue weighted by Crippen LogP contribution is 2.23. The van der Waals surface area contributed by atoms with Crippen molar-refractivity contribution in [3.63, 3.8) is 0 Å². The number of imidazole rings is 1. The number of hydrogen-bond donors (Lipinski definition) is 4. The monoisotopic (exact) mass is 454 g/mol. The van der Waals surface area contributed by atoms with Crippen molar-refractivity contribution in [2.24, 2.45) is 4.99 Å². The van der Waals surface area contributed by atoms with Crippen LogP contribution in [0.25, 0.3) is 22.5 Å². The average Bonchev–Trinajstić information content (AvgIpc) is 3.47. The third-order valence-corrected chi connectivity index (χ3v) is 5.88. The number of fused-ring (bicyclic) bond motifs is 2. The van der Waals surface area contributed by atoms with Crippen molar-refractivity contribution >= 4 is 28.4 Å². The number of anilines is 1. The standard InChI is InChI=1S/C24H22N8O2/c1-13(15-7-6-14-4-2-3-5-16(14)10-15)26-22-29-20-17(11-19-21(33)30-24(34)28-19)12-25-32(20)23(31-22)27-18-8-9-18/h2-7,10-13,18,33H,8-9H2,1H3,(H,26,27,31)(H2,28,30,34)/b17-11+/t13-/m1/s1. The zero-order valence-electron chi connectivity index (χ0n) is 18.4. The molecule has 0 saturated heterocycles. The van der Waals surface area contributed by atoms with Gasteiger partial charge in [0.25, 0.3) is 5.62 Å². The minimum absolute atomic E-state index is 0.0544. The van der Waals surface area contributed by atoms with Crippen molar-refractivity contribution in [2.45, 2.75) is 31.8 Å². The molecule has 0 amide bonds. The summed E-state index contributed by atoms with van der Waals surface area (Å²) in [5.41, 5.74) is 1.85. The van der Waals surface area contributed by atoms with Crippen LogP contribution in [-0.2, 0) is 0 Å². The number of nitrogens with zero attached hydrogens (tertiary/aromatic N) is 5. The number of hydrogen-bond acceptors (Lipinski definition) is 7. The van der Waals surface area contributed by atoms with Gasteiger partial charge in [0.1, 0.15) is 5.69 Å². The molecule has 0 aliphatic heterocycles. The molecule has 1 saturated carbocycles. The summed E-state index contributed by atoms with van der Waals surface area (Å²) in [4.78, 5) is 30.4. The van der Waals surface area contributed by atoms with Gasteiger partial charge in [0, 0.05) is 5.22 Å². The molecule has 0 unspecified atom stereocenters. The second-order valence-electron chi connectivity index (χ2n) is 8.50. The summed E-state index contributed by atoms with van der Waals surface area (Å²) in [7, 11) is 0. The van der Waals surface area contributed by atoms with Gasteiger partial charge in [-0.2, -0.15) is 19.6 Å². The van der Waals surface area contributed by atoms with Crippen LogP contribution in [0.2, 0.25) is 0 Å². The lowest BCUT2D eigenvalue weighted by Gasteiger charge is -2.15. The fourth-order valence-corrected chi connectivity index (χ4v) is 3.90. The van der Waals surface area contributed by atoms with Crippen LogP contribution in [0.4, 0.5) is 5.95 Å². The first-order valence-corrected chi connectivity index (χ1v) is 11.1. The van der Waals surface area contributed by atoms with Crippen LogP contribution < -0.4 is 21.8 Å². The lowest BCUT2D eigenvalue weighted by Crippen LogP contribution is -2.25. The molecule has 2 aromatic carbocycles. The van der Waals surface area contributed by atoms with E-state index in [0.717, 1.165) is 18.4 Å². The number of aromatic nitrogens is 6. The van der Waals surface area contributed by atoms with Gasteiger partial charge in [-0.05, 0) is 48.2 Å². The minimum atomic E-state index is -0.495. The molecule has 3 aromatic heterocycles. The van der Waals surface area contributed by atoms with Crippen LogP contribution in [-0.4, -0.2) is 40.7 Å². The zero-order valence-corrected chi connectivity index (χ0v) is 18.4. The van der Waals surface area contributed by atoms with Crippen LogP contribution in [0.5, 0.6) is 5.88 Å². The van der Waals surface area contributed by atoms with Crippen molar-refractivity contribution in [2.75, 3.05) is 5.32 Å². The van der Waals surface area contributed by atoms with E-state index in [2.05, 4.69) is 67.6 Å². The van der Waals surface area contributed by atoms with E-state index in [1.807, 2.05) is 12.1 Å². The van der Waals surface area contributed by atoms with Gasteiger partial charge >= 0.3 is 5.69 Å². The van der Waals surface area contributed by atoms with Crippen molar-refractivity contribution in [1.82, 2.24) is 29.5 Å². The Labute approximate surface area is 192 Å². The molecule has 10 nitrogen and oxygen atoms in total. The molecule has 0 spiro atoms. The molecule has 0 bridgehead atoms. The van der Waals surface area contributed by atoms with E-state index in [9.17, 15) is 9.90 Å². The van der Waals surface area contributed by atoms with E-state index >= 15 is 0 Å². The molecule has 34 heavy (non-hydrogen) atoms. The van der Waals surface area contributed by atoms with Gasteiger partial charge in [-0.25, -0.2) is 9.79 Å². The summed E-state index contributed by atoms with van der Waals surface area (Å²) >= 11 is 0. The lowest BCUT2D eigenvalue weighted by atomic mass is 10.0. The number of benzene rings is 2. The van der Waals surface area contributed by atoms with E-state index in [1.165, 1.54) is 10.8 Å². The van der Waals surface area contributed by atoms with Gasteiger partial charge in [0.05, 0.1) is 18.3 Å². The molecule has 5 aromatic rings. The van der Waals surface area contributed by atoms with E-state index in [1.54, 1.807) is 16.8 Å². The molecule has 1 aliphatic rings. The van der Waals surface area contributed by atoms with Crippen LogP contribution >= 0.6 is 0 Å². The first-order chi connectivity index (χ1) is 16.5. The highest BCUT2D eigenvalue weighted by Gasteiger charge is 2.21. The summed E-state index contributed by atoms with van der Waals surface area (Å²) in [6, 6.07) is 14.8. The van der Waals surface area contributed by atoms with Gasteiger partial charge in [-0.1, -0.05) is 36.4 Å². The highest BCUT2D eigenvalue weighted by atomic mass is 16.3. The van der Waals surface area contributed by atoms with Crippen molar-refractivity contribution in [3.05, 3.63) is 81.2 Å². The third kappa shape index (κ3) is 3.79. The van der Waals surface area contributed by atoms with Crippen LogP contribution in [0.15, 0.2) is 58.4 Å². The molecule has 3 heterocycles. The van der Waals surface area contributed by atoms with Gasteiger partial charge < -0.3 is 15.4 Å². The van der Waals surface area contributed by atoms with Gasteiger partial charge in [-0.15, -0.1) is 0 Å². The molecule has 1 fully saturated rings. The van der Waals surface area contributed by atoms with Crippen LogP contribution in [0, 0.1) is 0 Å². The van der Waals surface area contributed by atoms with E-state index in [0.29, 0.717) is 22.4 Å². The van der Waals surface area contributed by atoms with Crippen molar-refractivity contribution in [3.8, 4) is 5.88 Å². The summed E-state index contributed by atoms with van der Waals surface area (Å²) in [6.07, 6.45) is 5.28. The zero-order chi connectivity index (χ0) is 23.2. The first-order valence-electron chi connectivity index (χ1n) is 11.1. The Morgan fingerprint density at radius 2 is 2.00 bits per heavy atom. The average molecular weight is 454 g/mol. The molecular weight excluding hydrogens is 432 g/mol. The second-order valence-corrected chi connectivity index (χ2v) is 8.50. The number of aromatic hydroxyl groups is 1. The summed E-state index contributed by atoms with van der Waals surface area (Å²) in [5.74, 6) is 0.180. The highest BCUT2D eigenvalue weighted by molar-refractivity contribution is 5.83. The Morgan fingerprint density at radius 3 is 2.76 bits per heavy atom. The normalized spacial score (nSPS) is 15.9. The SMILES string of the molecule is C[C@@H](Nc1nc(=NC2CC2)n2nc/c(=C\c3[nH]c(=O)[nH]c3O)c2n1)c1ccc2ccccc2c1. The van der Waals surface area contributed by atoms with Crippen LogP contribution in [0.3, 0.4) is 0 Å². The Balaban J connectivity index is 1.43. The lowest BCUT2D eigenvalue weighted by molar-refractivity contribution is 0.454. The molecule has 1 aliphatic carbocycles. The molecule has 1 atom stereocenters. The molecule has 6 rings (SSSR count). The predicted molar refractivity (Wildman–Crippen MR) is 127 cm³/mol. The van der Waals surface area contributed by atoms with Crippen molar-refractivity contribution in [1.29, 1.82) is 0 Å². The fourth-order valence-electron chi connectivity index (χ4n) is 3.90. The summed E-state index contributed by atoms with van der Waals surface area (Å²) < 4.78 is 1.58. The predicted octanol–water partition coefficient (Wildman–Crippen LogP) is 1.78. The maximum atomic E-state index is 11.5. The number of aromatic amines is 2. The van der Waals surface area contributed by atoms with Crippen molar-refractivity contribution < 1.29 is 5.11 Å². The Kier molecular flexibility index (Phi) is 4.65. The van der Waals surface area contributed by atoms with Gasteiger partial charge in [0.2, 0.25) is 11.8 Å². The fraction of sp³-hybridized carbons (Fsp3) is 0.208. The maximum Gasteiger partial charge on any atom is 0.326 e.